The zero-order valence-electron chi connectivity index (χ0n) is 11.6. The number of hydrogen-bond donors (Lipinski definition) is 2. The summed E-state index contributed by atoms with van der Waals surface area (Å²) in [4.78, 5) is 0. The lowest BCUT2D eigenvalue weighted by Gasteiger charge is -2.28. The van der Waals surface area contributed by atoms with Gasteiger partial charge in [0, 0.05) is 12.6 Å². The lowest BCUT2D eigenvalue weighted by molar-refractivity contribution is 0.189. The van der Waals surface area contributed by atoms with Gasteiger partial charge >= 0.3 is 0 Å². The van der Waals surface area contributed by atoms with E-state index in [2.05, 4.69) is 29.6 Å². The Morgan fingerprint density at radius 2 is 1.84 bits per heavy atom. The molecule has 0 amide bonds. The summed E-state index contributed by atoms with van der Waals surface area (Å²) in [5, 5.41) is 13.1. The predicted molar refractivity (Wildman–Crippen MR) is 78.2 cm³/mol. The van der Waals surface area contributed by atoms with E-state index >= 15 is 0 Å². The highest BCUT2D eigenvalue weighted by molar-refractivity contribution is 5.30. The minimum atomic E-state index is 0.375. The molecule has 0 aliphatic heterocycles. The molecule has 2 aliphatic carbocycles. The Balaban J connectivity index is 1.52. The summed E-state index contributed by atoms with van der Waals surface area (Å²) < 4.78 is 0. The molecule has 2 N–H and O–H groups in total. The van der Waals surface area contributed by atoms with E-state index < -0.39 is 0 Å². The molecule has 0 spiro atoms. The van der Waals surface area contributed by atoms with Crippen LogP contribution in [0.4, 0.5) is 0 Å². The van der Waals surface area contributed by atoms with Gasteiger partial charge in [0.2, 0.25) is 0 Å². The molecule has 19 heavy (non-hydrogen) atoms. The van der Waals surface area contributed by atoms with E-state index in [-0.39, 0.29) is 0 Å². The Kier molecular flexibility index (Phi) is 4.19. The molecule has 3 unspecified atom stereocenters. The van der Waals surface area contributed by atoms with Crippen molar-refractivity contribution in [3.8, 4) is 0 Å². The topological polar surface area (TPSA) is 32.3 Å². The SMILES string of the molecule is OCC1CCCC1CNC1CCc2ccccc2C1. The Morgan fingerprint density at radius 1 is 1.05 bits per heavy atom. The predicted octanol–water partition coefficient (Wildman–Crippen LogP) is 2.54. The Labute approximate surface area is 116 Å². The number of benzene rings is 1. The lowest BCUT2D eigenvalue weighted by atomic mass is 9.87. The molecule has 0 heterocycles. The average molecular weight is 259 g/mol. The quantitative estimate of drug-likeness (QED) is 0.871. The van der Waals surface area contributed by atoms with Crippen molar-refractivity contribution >= 4 is 0 Å². The molecule has 0 radical (unpaired) electrons. The van der Waals surface area contributed by atoms with Crippen molar-refractivity contribution in [1.82, 2.24) is 5.32 Å². The summed E-state index contributed by atoms with van der Waals surface area (Å²) in [7, 11) is 0. The fraction of sp³-hybridized carbons (Fsp3) is 0.647. The lowest BCUT2D eigenvalue weighted by Crippen LogP contribution is -2.38. The van der Waals surface area contributed by atoms with E-state index in [4.69, 9.17) is 0 Å². The molecular formula is C17H25NO. The van der Waals surface area contributed by atoms with E-state index in [1.165, 1.54) is 49.7 Å². The first-order chi connectivity index (χ1) is 9.36. The van der Waals surface area contributed by atoms with Crippen LogP contribution in [0.1, 0.15) is 36.8 Å². The third-order valence-electron chi connectivity index (χ3n) is 5.07. The minimum absolute atomic E-state index is 0.375. The molecule has 1 aromatic rings. The molecular weight excluding hydrogens is 234 g/mol. The van der Waals surface area contributed by atoms with Gasteiger partial charge in [-0.05, 0) is 61.6 Å². The van der Waals surface area contributed by atoms with Crippen LogP contribution in [0, 0.1) is 11.8 Å². The monoisotopic (exact) mass is 259 g/mol. The summed E-state index contributed by atoms with van der Waals surface area (Å²) >= 11 is 0. The Bertz CT molecular complexity index is 417. The van der Waals surface area contributed by atoms with Crippen LogP contribution in [0.3, 0.4) is 0 Å². The largest absolute Gasteiger partial charge is 0.396 e. The van der Waals surface area contributed by atoms with Gasteiger partial charge in [-0.25, -0.2) is 0 Å². The molecule has 0 aromatic heterocycles. The summed E-state index contributed by atoms with van der Waals surface area (Å²) in [6, 6.07) is 9.48. The van der Waals surface area contributed by atoms with Gasteiger partial charge in [0.05, 0.1) is 0 Å². The number of rotatable bonds is 4. The second kappa shape index (κ2) is 6.06. The smallest absolute Gasteiger partial charge is 0.0462 e. The second-order valence-corrected chi connectivity index (χ2v) is 6.25. The highest BCUT2D eigenvalue weighted by Gasteiger charge is 2.27. The highest BCUT2D eigenvalue weighted by atomic mass is 16.3. The van der Waals surface area contributed by atoms with Crippen LogP contribution in [0.25, 0.3) is 0 Å². The van der Waals surface area contributed by atoms with Crippen LogP contribution in [0.2, 0.25) is 0 Å². The van der Waals surface area contributed by atoms with E-state index in [1.54, 1.807) is 0 Å². The van der Waals surface area contributed by atoms with Gasteiger partial charge < -0.3 is 10.4 Å². The zero-order valence-corrected chi connectivity index (χ0v) is 11.6. The van der Waals surface area contributed by atoms with Crippen molar-refractivity contribution in [3.05, 3.63) is 35.4 Å². The maximum absolute atomic E-state index is 9.38. The van der Waals surface area contributed by atoms with E-state index in [0.717, 1.165) is 6.54 Å². The molecule has 1 fully saturated rings. The van der Waals surface area contributed by atoms with Gasteiger partial charge in [-0.15, -0.1) is 0 Å². The zero-order chi connectivity index (χ0) is 13.1. The molecule has 0 saturated heterocycles. The number of nitrogens with one attached hydrogen (secondary N) is 1. The molecule has 0 bridgehead atoms. The Hall–Kier alpha value is -0.860. The van der Waals surface area contributed by atoms with Crippen LogP contribution in [0.5, 0.6) is 0 Å². The maximum atomic E-state index is 9.38. The average Bonchev–Trinajstić information content (AvgIpc) is 2.92. The van der Waals surface area contributed by atoms with Gasteiger partial charge in [-0.3, -0.25) is 0 Å². The first kappa shape index (κ1) is 13.1. The molecule has 2 heteroatoms. The molecule has 104 valence electrons. The van der Waals surface area contributed by atoms with Crippen LogP contribution >= 0.6 is 0 Å². The highest BCUT2D eigenvalue weighted by Crippen LogP contribution is 2.31. The standard InChI is InChI=1S/C17H25NO/c19-12-16-7-3-6-15(16)11-18-17-9-8-13-4-1-2-5-14(13)10-17/h1-2,4-5,15-19H,3,6-12H2. The van der Waals surface area contributed by atoms with Crippen LogP contribution < -0.4 is 5.32 Å². The molecule has 2 nitrogen and oxygen atoms in total. The van der Waals surface area contributed by atoms with Crippen molar-refractivity contribution in [1.29, 1.82) is 0 Å². The third kappa shape index (κ3) is 3.01. The first-order valence-electron chi connectivity index (χ1n) is 7.78. The second-order valence-electron chi connectivity index (χ2n) is 6.25. The number of hydrogen-bond acceptors (Lipinski definition) is 2. The van der Waals surface area contributed by atoms with Crippen molar-refractivity contribution in [2.45, 2.75) is 44.6 Å². The van der Waals surface area contributed by atoms with Crippen molar-refractivity contribution in [3.63, 3.8) is 0 Å². The number of aryl methyl sites for hydroxylation is 1. The fourth-order valence-corrected chi connectivity index (χ4v) is 3.81. The Morgan fingerprint density at radius 3 is 2.68 bits per heavy atom. The van der Waals surface area contributed by atoms with Gasteiger partial charge in [0.25, 0.3) is 0 Å². The third-order valence-corrected chi connectivity index (χ3v) is 5.07. The van der Waals surface area contributed by atoms with Gasteiger partial charge in [-0.1, -0.05) is 30.7 Å². The maximum Gasteiger partial charge on any atom is 0.0462 e. The van der Waals surface area contributed by atoms with Crippen LogP contribution in [-0.4, -0.2) is 24.3 Å². The molecule has 1 saturated carbocycles. The van der Waals surface area contributed by atoms with Crippen molar-refractivity contribution in [2.75, 3.05) is 13.2 Å². The van der Waals surface area contributed by atoms with Gasteiger partial charge in [0.15, 0.2) is 0 Å². The first-order valence-corrected chi connectivity index (χ1v) is 7.78. The summed E-state index contributed by atoms with van der Waals surface area (Å²) in [5.74, 6) is 1.24. The van der Waals surface area contributed by atoms with Crippen LogP contribution in [0.15, 0.2) is 24.3 Å². The molecule has 1 aromatic carbocycles. The molecule has 2 aliphatic rings. The molecule has 3 atom stereocenters. The van der Waals surface area contributed by atoms with Crippen molar-refractivity contribution in [2.24, 2.45) is 11.8 Å². The summed E-state index contributed by atoms with van der Waals surface area (Å²) in [6.45, 7) is 1.47. The summed E-state index contributed by atoms with van der Waals surface area (Å²) in [6.07, 6.45) is 7.45. The normalized spacial score (nSPS) is 30.3. The van der Waals surface area contributed by atoms with E-state index in [1.807, 2.05) is 0 Å². The number of aliphatic hydroxyl groups is 1. The van der Waals surface area contributed by atoms with Crippen molar-refractivity contribution < 1.29 is 5.11 Å². The van der Waals surface area contributed by atoms with Gasteiger partial charge in [-0.2, -0.15) is 0 Å². The molecule has 3 rings (SSSR count). The van der Waals surface area contributed by atoms with Crippen LogP contribution in [-0.2, 0) is 12.8 Å². The number of fused-ring (bicyclic) bond motifs is 1. The minimum Gasteiger partial charge on any atom is -0.396 e. The van der Waals surface area contributed by atoms with Gasteiger partial charge in [0.1, 0.15) is 0 Å². The van der Waals surface area contributed by atoms with E-state index in [0.29, 0.717) is 24.5 Å². The number of aliphatic hydroxyl groups excluding tert-OH is 1. The van der Waals surface area contributed by atoms with E-state index in [9.17, 15) is 5.11 Å². The summed E-state index contributed by atoms with van der Waals surface area (Å²) in [5.41, 5.74) is 3.06. The fourth-order valence-electron chi connectivity index (χ4n) is 3.81.